The number of rotatable bonds is 6. The number of anilines is 1. The summed E-state index contributed by atoms with van der Waals surface area (Å²) in [6.45, 7) is 0.328. The van der Waals surface area contributed by atoms with E-state index in [-0.39, 0.29) is 29.2 Å². The van der Waals surface area contributed by atoms with E-state index < -0.39 is 18.1 Å². The third-order valence-electron chi connectivity index (χ3n) is 5.05. The van der Waals surface area contributed by atoms with Crippen LogP contribution in [0.3, 0.4) is 0 Å². The summed E-state index contributed by atoms with van der Waals surface area (Å²) in [4.78, 5) is 50.2. The van der Waals surface area contributed by atoms with Gasteiger partial charge in [-0.1, -0.05) is 0 Å². The Balaban J connectivity index is 1.52. The number of thioether (sulfide) groups is 1. The molecule has 1 aromatic carbocycles. The first-order chi connectivity index (χ1) is 14.4. The maximum atomic E-state index is 13.2. The molecular weight excluding hydrogens is 410 g/mol. The Kier molecular flexibility index (Phi) is 5.49. The standard InChI is InChI=1S/C20H19N3O6S/c24-16(9-30-10-17(25)26)21-14-5-6-23-18(14)19(27)22-13-4-3-11(8-12(13)20(23)28)15-2-1-7-29-15/h1-4,7-8,14,18H,5-6,9-10H2,(H,21,24)(H,22,27)(H,25,26)/t14-,18-/m0/s1. The quantitative estimate of drug-likeness (QED) is 0.633. The minimum atomic E-state index is -1.000. The molecule has 9 nitrogen and oxygen atoms in total. The van der Waals surface area contributed by atoms with Crippen LogP contribution in [-0.4, -0.2) is 63.8 Å². The van der Waals surface area contributed by atoms with Crippen LogP contribution in [0.2, 0.25) is 0 Å². The van der Waals surface area contributed by atoms with Gasteiger partial charge in [0.25, 0.3) is 5.91 Å². The lowest BCUT2D eigenvalue weighted by molar-refractivity contribution is -0.134. The van der Waals surface area contributed by atoms with Gasteiger partial charge in [-0.05, 0) is 36.8 Å². The number of amides is 3. The minimum absolute atomic E-state index is 0.0299. The van der Waals surface area contributed by atoms with Gasteiger partial charge in [-0.15, -0.1) is 11.8 Å². The van der Waals surface area contributed by atoms with Crippen molar-refractivity contribution in [2.75, 3.05) is 23.4 Å². The minimum Gasteiger partial charge on any atom is -0.481 e. The number of furan rings is 1. The van der Waals surface area contributed by atoms with Gasteiger partial charge in [0.2, 0.25) is 11.8 Å². The normalized spacial score (nSPS) is 20.2. The second-order valence-corrected chi connectivity index (χ2v) is 8.01. The van der Waals surface area contributed by atoms with Crippen LogP contribution in [0.4, 0.5) is 5.69 Å². The van der Waals surface area contributed by atoms with Gasteiger partial charge in [0.1, 0.15) is 11.8 Å². The SMILES string of the molecule is O=C(O)CSCC(=O)N[C@H]1CCN2C(=O)c3cc(-c4ccco4)ccc3NC(=O)[C@H]12. The van der Waals surface area contributed by atoms with Gasteiger partial charge in [-0.2, -0.15) is 0 Å². The van der Waals surface area contributed by atoms with Crippen molar-refractivity contribution in [1.82, 2.24) is 10.2 Å². The zero-order valence-electron chi connectivity index (χ0n) is 15.8. The highest BCUT2D eigenvalue weighted by Crippen LogP contribution is 2.32. The van der Waals surface area contributed by atoms with Crippen molar-refractivity contribution in [3.63, 3.8) is 0 Å². The molecule has 1 fully saturated rings. The van der Waals surface area contributed by atoms with Gasteiger partial charge in [-0.25, -0.2) is 0 Å². The number of hydrogen-bond acceptors (Lipinski definition) is 6. The van der Waals surface area contributed by atoms with Crippen molar-refractivity contribution in [3.8, 4) is 11.3 Å². The molecule has 0 radical (unpaired) electrons. The molecule has 2 aromatic rings. The Labute approximate surface area is 175 Å². The zero-order valence-corrected chi connectivity index (χ0v) is 16.6. The van der Waals surface area contributed by atoms with E-state index in [1.165, 1.54) is 4.90 Å². The van der Waals surface area contributed by atoms with Crippen LogP contribution in [0.5, 0.6) is 0 Å². The first-order valence-electron chi connectivity index (χ1n) is 9.32. The highest BCUT2D eigenvalue weighted by Gasteiger charge is 2.45. The summed E-state index contributed by atoms with van der Waals surface area (Å²) >= 11 is 0.976. The Morgan fingerprint density at radius 3 is 2.83 bits per heavy atom. The Morgan fingerprint density at radius 1 is 1.27 bits per heavy atom. The summed E-state index contributed by atoms with van der Waals surface area (Å²) in [6.07, 6.45) is 1.98. The van der Waals surface area contributed by atoms with Crippen molar-refractivity contribution in [2.45, 2.75) is 18.5 Å². The van der Waals surface area contributed by atoms with Crippen molar-refractivity contribution < 1.29 is 28.7 Å². The molecule has 2 aliphatic rings. The van der Waals surface area contributed by atoms with Crippen LogP contribution in [0.25, 0.3) is 11.3 Å². The second-order valence-electron chi connectivity index (χ2n) is 7.02. The van der Waals surface area contributed by atoms with E-state index in [2.05, 4.69) is 10.6 Å². The monoisotopic (exact) mass is 429 g/mol. The number of benzene rings is 1. The summed E-state index contributed by atoms with van der Waals surface area (Å²) < 4.78 is 5.39. The van der Waals surface area contributed by atoms with Crippen molar-refractivity contribution in [1.29, 1.82) is 0 Å². The van der Waals surface area contributed by atoms with Gasteiger partial charge in [0, 0.05) is 12.1 Å². The van der Waals surface area contributed by atoms with Crippen LogP contribution in [0.15, 0.2) is 41.0 Å². The molecule has 0 unspecified atom stereocenters. The highest BCUT2D eigenvalue weighted by molar-refractivity contribution is 8.00. The summed E-state index contributed by atoms with van der Waals surface area (Å²) in [5.74, 6) is -1.62. The van der Waals surface area contributed by atoms with Gasteiger partial charge in [0.05, 0.1) is 35.1 Å². The lowest BCUT2D eigenvalue weighted by Gasteiger charge is -2.24. The second kappa shape index (κ2) is 8.23. The fraction of sp³-hybridized carbons (Fsp3) is 0.300. The third-order valence-corrected chi connectivity index (χ3v) is 5.96. The van der Waals surface area contributed by atoms with Crippen LogP contribution in [-0.2, 0) is 14.4 Å². The average Bonchev–Trinajstić information content (AvgIpc) is 3.35. The molecule has 3 N–H and O–H groups in total. The maximum absolute atomic E-state index is 13.2. The first kappa shape index (κ1) is 20.0. The number of aliphatic carboxylic acids is 1. The van der Waals surface area contributed by atoms with E-state index in [0.29, 0.717) is 30.0 Å². The lowest BCUT2D eigenvalue weighted by atomic mass is 10.1. The van der Waals surface area contributed by atoms with E-state index in [9.17, 15) is 19.2 Å². The van der Waals surface area contributed by atoms with Gasteiger partial charge in [-0.3, -0.25) is 19.2 Å². The molecule has 0 bridgehead atoms. The number of hydrogen-bond donors (Lipinski definition) is 3. The van der Waals surface area contributed by atoms with E-state index >= 15 is 0 Å². The van der Waals surface area contributed by atoms with Crippen molar-refractivity contribution in [2.24, 2.45) is 0 Å². The molecule has 0 aliphatic carbocycles. The maximum Gasteiger partial charge on any atom is 0.313 e. The average molecular weight is 429 g/mol. The first-order valence-corrected chi connectivity index (χ1v) is 10.5. The molecule has 30 heavy (non-hydrogen) atoms. The number of carbonyl (C=O) groups excluding carboxylic acids is 3. The van der Waals surface area contributed by atoms with E-state index in [4.69, 9.17) is 9.52 Å². The Hall–Kier alpha value is -3.27. The number of nitrogens with one attached hydrogen (secondary N) is 2. The Morgan fingerprint density at radius 2 is 2.10 bits per heavy atom. The molecule has 0 spiro atoms. The smallest absolute Gasteiger partial charge is 0.313 e. The fourth-order valence-electron chi connectivity index (χ4n) is 3.76. The number of fused-ring (bicyclic) bond motifs is 2. The number of nitrogens with zero attached hydrogens (tertiary/aromatic N) is 1. The zero-order chi connectivity index (χ0) is 21.3. The third kappa shape index (κ3) is 3.90. The predicted molar refractivity (Wildman–Crippen MR) is 109 cm³/mol. The molecule has 3 heterocycles. The van der Waals surface area contributed by atoms with Gasteiger partial charge < -0.3 is 25.1 Å². The topological polar surface area (TPSA) is 129 Å². The lowest BCUT2D eigenvalue weighted by Crippen LogP contribution is -2.52. The van der Waals surface area contributed by atoms with Crippen molar-refractivity contribution >= 4 is 41.1 Å². The largest absolute Gasteiger partial charge is 0.481 e. The molecule has 1 aromatic heterocycles. The van der Waals surface area contributed by atoms with E-state index in [1.807, 2.05) is 0 Å². The van der Waals surface area contributed by atoms with Crippen LogP contribution < -0.4 is 10.6 Å². The molecule has 156 valence electrons. The fourth-order valence-corrected chi connectivity index (χ4v) is 4.31. The molecule has 3 amide bonds. The van der Waals surface area contributed by atoms with Crippen LogP contribution >= 0.6 is 11.8 Å². The predicted octanol–water partition coefficient (Wildman–Crippen LogP) is 1.42. The van der Waals surface area contributed by atoms with E-state index in [1.54, 1.807) is 36.6 Å². The molecular formula is C20H19N3O6S. The molecule has 2 aliphatic heterocycles. The molecule has 2 atom stereocenters. The van der Waals surface area contributed by atoms with Gasteiger partial charge in [0.15, 0.2) is 0 Å². The molecule has 1 saturated heterocycles. The van der Waals surface area contributed by atoms with Crippen LogP contribution in [0.1, 0.15) is 16.8 Å². The summed E-state index contributed by atoms with van der Waals surface area (Å²) in [5.41, 5.74) is 1.50. The summed E-state index contributed by atoms with van der Waals surface area (Å²) in [7, 11) is 0. The van der Waals surface area contributed by atoms with Crippen LogP contribution in [0, 0.1) is 0 Å². The number of carboxylic acids is 1. The summed E-state index contributed by atoms with van der Waals surface area (Å²) in [6, 6.07) is 7.29. The number of carboxylic acid groups (broad SMARTS) is 1. The Bertz CT molecular complexity index is 1010. The summed E-state index contributed by atoms with van der Waals surface area (Å²) in [5, 5.41) is 14.2. The number of carbonyl (C=O) groups is 4. The highest BCUT2D eigenvalue weighted by atomic mass is 32.2. The van der Waals surface area contributed by atoms with E-state index in [0.717, 1.165) is 17.3 Å². The van der Waals surface area contributed by atoms with Gasteiger partial charge >= 0.3 is 5.97 Å². The van der Waals surface area contributed by atoms with Crippen molar-refractivity contribution in [3.05, 3.63) is 42.2 Å². The molecule has 0 saturated carbocycles. The molecule has 4 rings (SSSR count). The molecule has 10 heteroatoms.